The average molecular weight is 282 g/mol. The van der Waals surface area contributed by atoms with Gasteiger partial charge in [0.05, 0.1) is 0 Å². The molecule has 0 saturated carbocycles. The lowest BCUT2D eigenvalue weighted by atomic mass is 10.2. The first kappa shape index (κ1) is 15.1. The zero-order valence-corrected chi connectivity index (χ0v) is 12.5. The highest BCUT2D eigenvalue weighted by molar-refractivity contribution is 5.73. The van der Waals surface area contributed by atoms with E-state index in [1.807, 2.05) is 48.7 Å². The highest BCUT2D eigenvalue weighted by Gasteiger charge is 2.02. The van der Waals surface area contributed by atoms with Gasteiger partial charge in [-0.05, 0) is 18.6 Å². The van der Waals surface area contributed by atoms with Gasteiger partial charge in [-0.25, -0.2) is 4.74 Å². The van der Waals surface area contributed by atoms with Gasteiger partial charge in [0, 0.05) is 18.3 Å². The van der Waals surface area contributed by atoms with Crippen LogP contribution >= 0.6 is 0 Å². The summed E-state index contributed by atoms with van der Waals surface area (Å²) >= 11 is 0. The molecule has 3 heteroatoms. The average Bonchev–Trinajstić information content (AvgIpc) is 2.92. The molecule has 1 aromatic heterocycles. The molecule has 2 aromatic rings. The van der Waals surface area contributed by atoms with Crippen molar-refractivity contribution in [3.05, 3.63) is 77.3 Å². The van der Waals surface area contributed by atoms with E-state index in [0.717, 1.165) is 35.4 Å². The molecule has 0 aliphatic carbocycles. The summed E-state index contributed by atoms with van der Waals surface area (Å²) in [6, 6.07) is 13.7. The predicted octanol–water partition coefficient (Wildman–Crippen LogP) is 3.97. The van der Waals surface area contributed by atoms with E-state index in [-0.39, 0.29) is 0 Å². The Morgan fingerprint density at radius 2 is 1.90 bits per heavy atom. The molecule has 110 valence electrons. The molecule has 0 spiro atoms. The van der Waals surface area contributed by atoms with E-state index in [1.54, 1.807) is 6.21 Å². The number of allylic oxidation sites excluding steroid dienone is 2. The van der Waals surface area contributed by atoms with Crippen molar-refractivity contribution in [3.63, 3.8) is 0 Å². The Balaban J connectivity index is 2.01. The van der Waals surface area contributed by atoms with E-state index in [4.69, 9.17) is 0 Å². The molecule has 1 heterocycles. The Labute approximate surface area is 126 Å². The number of hydroxylamine groups is 1. The molecular formula is C18H22N2O. The minimum Gasteiger partial charge on any atom is -0.623 e. The van der Waals surface area contributed by atoms with Crippen molar-refractivity contribution >= 4 is 6.21 Å². The summed E-state index contributed by atoms with van der Waals surface area (Å²) in [5.74, 6) is 0. The lowest BCUT2D eigenvalue weighted by molar-refractivity contribution is -0.469. The van der Waals surface area contributed by atoms with Crippen LogP contribution in [0.2, 0.25) is 0 Å². The fourth-order valence-electron chi connectivity index (χ4n) is 2.14. The first-order chi connectivity index (χ1) is 10.3. The Kier molecular flexibility index (Phi) is 5.83. The number of unbranched alkanes of at least 4 members (excludes halogenated alkanes) is 1. The third kappa shape index (κ3) is 4.95. The van der Waals surface area contributed by atoms with Crippen LogP contribution in [0.15, 0.2) is 60.8 Å². The van der Waals surface area contributed by atoms with Crippen molar-refractivity contribution in [3.8, 4) is 0 Å². The van der Waals surface area contributed by atoms with Crippen LogP contribution in [0.3, 0.4) is 0 Å². The molecule has 0 radical (unpaired) electrons. The molecule has 0 N–H and O–H groups in total. The van der Waals surface area contributed by atoms with Crippen molar-refractivity contribution < 1.29 is 4.74 Å². The van der Waals surface area contributed by atoms with Crippen LogP contribution in [-0.4, -0.2) is 15.5 Å². The van der Waals surface area contributed by atoms with Crippen LogP contribution in [0.1, 0.15) is 31.0 Å². The summed E-state index contributed by atoms with van der Waals surface area (Å²) in [4.78, 5) is 0. The van der Waals surface area contributed by atoms with E-state index in [0.29, 0.717) is 6.54 Å². The Morgan fingerprint density at radius 1 is 1.10 bits per heavy atom. The molecule has 0 aliphatic rings. The number of aromatic nitrogens is 1. The molecule has 0 amide bonds. The van der Waals surface area contributed by atoms with Gasteiger partial charge in [0.25, 0.3) is 0 Å². The maximum absolute atomic E-state index is 12.0. The van der Waals surface area contributed by atoms with Gasteiger partial charge < -0.3 is 9.77 Å². The first-order valence-electron chi connectivity index (χ1n) is 7.42. The van der Waals surface area contributed by atoms with Crippen molar-refractivity contribution in [2.24, 2.45) is 0 Å². The molecule has 0 unspecified atom stereocenters. The predicted molar refractivity (Wildman–Crippen MR) is 87.4 cm³/mol. The van der Waals surface area contributed by atoms with Gasteiger partial charge in [-0.2, -0.15) is 0 Å². The molecule has 0 bridgehead atoms. The van der Waals surface area contributed by atoms with Gasteiger partial charge in [-0.3, -0.25) is 0 Å². The van der Waals surface area contributed by atoms with Crippen LogP contribution in [0.4, 0.5) is 0 Å². The third-order valence-corrected chi connectivity index (χ3v) is 3.25. The lowest BCUT2D eigenvalue weighted by Crippen LogP contribution is -2.09. The van der Waals surface area contributed by atoms with Crippen molar-refractivity contribution in [2.45, 2.75) is 32.9 Å². The van der Waals surface area contributed by atoms with Gasteiger partial charge in [0.2, 0.25) is 0 Å². The summed E-state index contributed by atoms with van der Waals surface area (Å²) in [6.45, 7) is 3.34. The zero-order valence-electron chi connectivity index (χ0n) is 12.5. The summed E-state index contributed by atoms with van der Waals surface area (Å²) in [6.07, 6.45) is 10.2. The monoisotopic (exact) mass is 282 g/mol. The maximum Gasteiger partial charge on any atom is 0.198 e. The minimum atomic E-state index is 0.373. The minimum absolute atomic E-state index is 0.373. The number of nitrogens with zero attached hydrogens (tertiary/aromatic N) is 2. The molecule has 0 aliphatic heterocycles. The van der Waals surface area contributed by atoms with Crippen LogP contribution in [0, 0.1) is 5.21 Å². The van der Waals surface area contributed by atoms with Gasteiger partial charge in [-0.1, -0.05) is 55.8 Å². The molecule has 0 saturated heterocycles. The second-order valence-corrected chi connectivity index (χ2v) is 5.04. The SMILES string of the molecule is CCC/C=C/Cn1cccc1/C=[N+](\[O-])Cc1ccccc1. The highest BCUT2D eigenvalue weighted by atomic mass is 16.5. The van der Waals surface area contributed by atoms with Gasteiger partial charge in [-0.15, -0.1) is 0 Å². The number of rotatable bonds is 7. The molecule has 0 fully saturated rings. The smallest absolute Gasteiger partial charge is 0.198 e. The van der Waals surface area contributed by atoms with Gasteiger partial charge in [0.1, 0.15) is 5.69 Å². The van der Waals surface area contributed by atoms with Crippen LogP contribution < -0.4 is 0 Å². The summed E-state index contributed by atoms with van der Waals surface area (Å²) in [5, 5.41) is 12.0. The van der Waals surface area contributed by atoms with E-state index in [2.05, 4.69) is 23.6 Å². The van der Waals surface area contributed by atoms with E-state index in [1.165, 1.54) is 0 Å². The van der Waals surface area contributed by atoms with Crippen molar-refractivity contribution in [1.82, 2.24) is 4.57 Å². The second-order valence-electron chi connectivity index (χ2n) is 5.04. The van der Waals surface area contributed by atoms with Crippen LogP contribution in [-0.2, 0) is 13.1 Å². The van der Waals surface area contributed by atoms with Gasteiger partial charge in [0.15, 0.2) is 12.8 Å². The lowest BCUT2D eigenvalue weighted by Gasteiger charge is -2.06. The zero-order chi connectivity index (χ0) is 14.9. The quantitative estimate of drug-likeness (QED) is 0.248. The molecule has 21 heavy (non-hydrogen) atoms. The largest absolute Gasteiger partial charge is 0.623 e. The topological polar surface area (TPSA) is 31.0 Å². The number of hydrogen-bond donors (Lipinski definition) is 0. The second kappa shape index (κ2) is 8.10. The number of hydrogen-bond acceptors (Lipinski definition) is 1. The summed E-state index contributed by atoms with van der Waals surface area (Å²) in [7, 11) is 0. The Morgan fingerprint density at radius 3 is 2.67 bits per heavy atom. The van der Waals surface area contributed by atoms with E-state index in [9.17, 15) is 5.21 Å². The van der Waals surface area contributed by atoms with Crippen molar-refractivity contribution in [2.75, 3.05) is 0 Å². The normalized spacial score (nSPS) is 12.1. The molecule has 3 nitrogen and oxygen atoms in total. The van der Waals surface area contributed by atoms with E-state index >= 15 is 0 Å². The van der Waals surface area contributed by atoms with E-state index < -0.39 is 0 Å². The summed E-state index contributed by atoms with van der Waals surface area (Å²) in [5.41, 5.74) is 1.95. The maximum atomic E-state index is 12.0. The molecule has 2 rings (SSSR count). The van der Waals surface area contributed by atoms with Gasteiger partial charge >= 0.3 is 0 Å². The number of benzene rings is 1. The molecular weight excluding hydrogens is 260 g/mol. The fraction of sp³-hybridized carbons (Fsp3) is 0.278. The Bertz CT molecular complexity index is 597. The first-order valence-corrected chi connectivity index (χ1v) is 7.42. The fourth-order valence-corrected chi connectivity index (χ4v) is 2.14. The van der Waals surface area contributed by atoms with Crippen LogP contribution in [0.25, 0.3) is 0 Å². The molecule has 0 atom stereocenters. The van der Waals surface area contributed by atoms with Crippen molar-refractivity contribution in [1.29, 1.82) is 0 Å². The summed E-state index contributed by atoms with van der Waals surface area (Å²) < 4.78 is 3.05. The molecule has 1 aromatic carbocycles. The Hall–Kier alpha value is -2.29. The van der Waals surface area contributed by atoms with Crippen LogP contribution in [0.5, 0.6) is 0 Å². The highest BCUT2D eigenvalue weighted by Crippen LogP contribution is 2.03. The standard InChI is InChI=1S/C18H22N2O/c1-2-3-4-8-13-19-14-9-12-18(19)16-20(21)15-17-10-6-5-7-11-17/h4-12,14,16H,2-3,13,15H2,1H3/b8-4+,20-16-. The third-order valence-electron chi connectivity index (χ3n) is 3.25.